The van der Waals surface area contributed by atoms with Crippen LogP contribution in [-0.2, 0) is 15.9 Å². The molecule has 1 aromatic rings. The first-order valence-electron chi connectivity index (χ1n) is 6.38. The van der Waals surface area contributed by atoms with E-state index in [1.807, 2.05) is 18.2 Å². The van der Waals surface area contributed by atoms with Crippen LogP contribution in [-0.4, -0.2) is 47.2 Å². The number of benzene rings is 1. The van der Waals surface area contributed by atoms with Crippen molar-refractivity contribution in [2.75, 3.05) is 47.2 Å². The van der Waals surface area contributed by atoms with Gasteiger partial charge in [0, 0.05) is 7.11 Å². The third-order valence-corrected chi connectivity index (χ3v) is 2.58. The summed E-state index contributed by atoms with van der Waals surface area (Å²) in [4.78, 5) is 0. The lowest BCUT2D eigenvalue weighted by atomic mass is 10.1. The summed E-state index contributed by atoms with van der Waals surface area (Å²) in [5.41, 5.74) is 6.68. The molecule has 0 aliphatic carbocycles. The van der Waals surface area contributed by atoms with Crippen molar-refractivity contribution in [3.8, 4) is 11.5 Å². The van der Waals surface area contributed by atoms with Crippen LogP contribution in [0.15, 0.2) is 18.2 Å². The molecule has 1 aromatic carbocycles. The van der Waals surface area contributed by atoms with Crippen LogP contribution in [0.5, 0.6) is 11.5 Å². The summed E-state index contributed by atoms with van der Waals surface area (Å²) in [5, 5.41) is 0. The number of methoxy groups -OCH3 is 2. The van der Waals surface area contributed by atoms with E-state index >= 15 is 0 Å². The molecule has 0 radical (unpaired) electrons. The molecule has 2 N–H and O–H groups in total. The van der Waals surface area contributed by atoms with Crippen molar-refractivity contribution in [3.05, 3.63) is 23.8 Å². The van der Waals surface area contributed by atoms with Crippen molar-refractivity contribution in [3.63, 3.8) is 0 Å². The Hall–Kier alpha value is -1.30. The van der Waals surface area contributed by atoms with E-state index < -0.39 is 0 Å². The van der Waals surface area contributed by atoms with E-state index in [9.17, 15) is 0 Å². The van der Waals surface area contributed by atoms with Gasteiger partial charge in [-0.15, -0.1) is 0 Å². The largest absolute Gasteiger partial charge is 0.493 e. The van der Waals surface area contributed by atoms with Crippen molar-refractivity contribution in [2.45, 2.75) is 6.42 Å². The van der Waals surface area contributed by atoms with E-state index in [-0.39, 0.29) is 0 Å². The minimum atomic E-state index is 0.478. The van der Waals surface area contributed by atoms with Crippen LogP contribution in [0.4, 0.5) is 0 Å². The summed E-state index contributed by atoms with van der Waals surface area (Å²) in [6.07, 6.45) is 0.824. The van der Waals surface area contributed by atoms with E-state index in [0.29, 0.717) is 33.0 Å². The van der Waals surface area contributed by atoms with Crippen molar-refractivity contribution in [1.82, 2.24) is 0 Å². The first-order valence-corrected chi connectivity index (χ1v) is 6.38. The number of rotatable bonds is 10. The quantitative estimate of drug-likeness (QED) is 0.647. The maximum atomic E-state index is 5.66. The highest BCUT2D eigenvalue weighted by Crippen LogP contribution is 2.28. The van der Waals surface area contributed by atoms with Gasteiger partial charge in [-0.05, 0) is 30.7 Å². The minimum absolute atomic E-state index is 0.478. The van der Waals surface area contributed by atoms with Crippen molar-refractivity contribution < 1.29 is 18.9 Å². The summed E-state index contributed by atoms with van der Waals surface area (Å²) in [5.74, 6) is 1.45. The van der Waals surface area contributed by atoms with Crippen molar-refractivity contribution in [2.24, 2.45) is 5.73 Å². The summed E-state index contributed by atoms with van der Waals surface area (Å²) in [6, 6.07) is 5.85. The Morgan fingerprint density at radius 2 is 1.79 bits per heavy atom. The summed E-state index contributed by atoms with van der Waals surface area (Å²) in [6.45, 7) is 2.78. The van der Waals surface area contributed by atoms with Gasteiger partial charge < -0.3 is 24.7 Å². The molecule has 108 valence electrons. The SMILES string of the molecule is COCCOCCOc1cc(CCN)ccc1OC. The van der Waals surface area contributed by atoms with E-state index in [1.54, 1.807) is 14.2 Å². The molecule has 0 bridgehead atoms. The average Bonchev–Trinajstić information content (AvgIpc) is 2.43. The maximum Gasteiger partial charge on any atom is 0.161 e. The van der Waals surface area contributed by atoms with E-state index in [4.69, 9.17) is 24.7 Å². The molecule has 0 heterocycles. The molecule has 0 atom stereocenters. The molecule has 5 heteroatoms. The number of ether oxygens (including phenoxy) is 4. The third-order valence-electron chi connectivity index (χ3n) is 2.58. The van der Waals surface area contributed by atoms with Gasteiger partial charge in [-0.25, -0.2) is 0 Å². The van der Waals surface area contributed by atoms with Gasteiger partial charge in [0.1, 0.15) is 6.61 Å². The van der Waals surface area contributed by atoms with Gasteiger partial charge in [0.05, 0.1) is 26.9 Å². The maximum absolute atomic E-state index is 5.66. The minimum Gasteiger partial charge on any atom is -0.493 e. The van der Waals surface area contributed by atoms with Gasteiger partial charge in [-0.1, -0.05) is 6.07 Å². The van der Waals surface area contributed by atoms with E-state index in [2.05, 4.69) is 0 Å². The van der Waals surface area contributed by atoms with Crippen molar-refractivity contribution >= 4 is 0 Å². The zero-order valence-corrected chi connectivity index (χ0v) is 11.7. The standard InChI is InChI=1S/C14H23NO4/c1-16-7-8-18-9-10-19-14-11-12(5-6-15)3-4-13(14)17-2/h3-4,11H,5-10,15H2,1-2H3. The predicted molar refractivity (Wildman–Crippen MR) is 73.9 cm³/mol. The molecular weight excluding hydrogens is 246 g/mol. The molecule has 5 nitrogen and oxygen atoms in total. The Balaban J connectivity index is 2.43. The fourth-order valence-electron chi connectivity index (χ4n) is 1.61. The van der Waals surface area contributed by atoms with Crippen molar-refractivity contribution in [1.29, 1.82) is 0 Å². The van der Waals surface area contributed by atoms with Gasteiger partial charge in [0.25, 0.3) is 0 Å². The second-order valence-electron chi connectivity index (χ2n) is 3.98. The second-order valence-corrected chi connectivity index (χ2v) is 3.98. The normalized spacial score (nSPS) is 10.5. The highest BCUT2D eigenvalue weighted by atomic mass is 16.5. The Morgan fingerprint density at radius 1 is 1.00 bits per heavy atom. The fourth-order valence-corrected chi connectivity index (χ4v) is 1.61. The highest BCUT2D eigenvalue weighted by molar-refractivity contribution is 5.43. The lowest BCUT2D eigenvalue weighted by molar-refractivity contribution is 0.0540. The van der Waals surface area contributed by atoms with Gasteiger partial charge in [0.2, 0.25) is 0 Å². The monoisotopic (exact) mass is 269 g/mol. The molecule has 1 rings (SSSR count). The Morgan fingerprint density at radius 3 is 2.47 bits per heavy atom. The zero-order valence-electron chi connectivity index (χ0n) is 11.7. The smallest absolute Gasteiger partial charge is 0.161 e. The number of hydrogen-bond acceptors (Lipinski definition) is 5. The fraction of sp³-hybridized carbons (Fsp3) is 0.571. The summed E-state index contributed by atoms with van der Waals surface area (Å²) < 4.78 is 21.1. The number of hydrogen-bond donors (Lipinski definition) is 1. The zero-order chi connectivity index (χ0) is 13.9. The Bertz CT molecular complexity index is 357. The first-order chi connectivity index (χ1) is 9.31. The molecule has 0 aromatic heterocycles. The van der Waals surface area contributed by atoms with E-state index in [1.165, 1.54) is 0 Å². The van der Waals surface area contributed by atoms with Crippen LogP contribution in [0.3, 0.4) is 0 Å². The molecule has 19 heavy (non-hydrogen) atoms. The first kappa shape index (κ1) is 15.8. The van der Waals surface area contributed by atoms with Crippen LogP contribution in [0.25, 0.3) is 0 Å². The second kappa shape index (κ2) is 9.61. The molecule has 0 aliphatic heterocycles. The van der Waals surface area contributed by atoms with Gasteiger partial charge in [-0.2, -0.15) is 0 Å². The van der Waals surface area contributed by atoms with Crippen LogP contribution in [0.2, 0.25) is 0 Å². The van der Waals surface area contributed by atoms with E-state index in [0.717, 1.165) is 23.5 Å². The molecule has 0 unspecified atom stereocenters. The molecular formula is C14H23NO4. The van der Waals surface area contributed by atoms with Crippen LogP contribution in [0.1, 0.15) is 5.56 Å². The van der Waals surface area contributed by atoms with Gasteiger partial charge >= 0.3 is 0 Å². The summed E-state index contributed by atoms with van der Waals surface area (Å²) in [7, 11) is 3.27. The Kier molecular flexibility index (Phi) is 7.97. The Labute approximate surface area is 114 Å². The molecule has 0 saturated heterocycles. The average molecular weight is 269 g/mol. The lowest BCUT2D eigenvalue weighted by Crippen LogP contribution is -2.10. The topological polar surface area (TPSA) is 62.9 Å². The predicted octanol–water partition coefficient (Wildman–Crippen LogP) is 1.24. The number of nitrogens with two attached hydrogens (primary N) is 1. The molecule has 0 spiro atoms. The highest BCUT2D eigenvalue weighted by Gasteiger charge is 2.05. The summed E-state index contributed by atoms with van der Waals surface area (Å²) >= 11 is 0. The molecule has 0 amide bonds. The van der Waals surface area contributed by atoms with Crippen LogP contribution in [0, 0.1) is 0 Å². The van der Waals surface area contributed by atoms with Crippen LogP contribution >= 0.6 is 0 Å². The lowest BCUT2D eigenvalue weighted by Gasteiger charge is -2.12. The molecule has 0 fully saturated rings. The third kappa shape index (κ3) is 5.92. The molecule has 0 aliphatic rings. The van der Waals surface area contributed by atoms with Gasteiger partial charge in [0.15, 0.2) is 11.5 Å². The van der Waals surface area contributed by atoms with Crippen LogP contribution < -0.4 is 15.2 Å². The van der Waals surface area contributed by atoms with Gasteiger partial charge in [-0.3, -0.25) is 0 Å². The molecule has 0 saturated carbocycles.